The third-order valence-electron chi connectivity index (χ3n) is 9.02. The molecular formula is C27H51BO4Si2. The molecule has 0 radical (unpaired) electrons. The highest BCUT2D eigenvalue weighted by Crippen LogP contribution is 2.50. The van der Waals surface area contributed by atoms with E-state index < -0.39 is 16.6 Å². The van der Waals surface area contributed by atoms with Crippen LogP contribution >= 0.6 is 0 Å². The van der Waals surface area contributed by atoms with Gasteiger partial charge in [-0.15, -0.1) is 0 Å². The van der Waals surface area contributed by atoms with Crippen LogP contribution in [0.15, 0.2) is 30.3 Å². The van der Waals surface area contributed by atoms with E-state index in [1.165, 1.54) is 5.56 Å². The maximum Gasteiger partial charge on any atom is 0.458 e. The zero-order chi connectivity index (χ0) is 25.9. The highest BCUT2D eigenvalue weighted by atomic mass is 28.4. The Bertz CT molecular complexity index is 753. The Balaban J connectivity index is 2.30. The van der Waals surface area contributed by atoms with Crippen LogP contribution in [-0.4, -0.2) is 49.2 Å². The van der Waals surface area contributed by atoms with Gasteiger partial charge in [0.25, 0.3) is 0 Å². The SMILES string of the molecule is CO[Si](C)(C)[C@H]([C@@H](C)[C@@H](CCc1ccccc1)[Si](C)(C)OC)[C@H](C)CB1OC(C)(C)C(C)(C)O1. The van der Waals surface area contributed by atoms with Crippen LogP contribution in [0.2, 0.25) is 43.6 Å². The lowest BCUT2D eigenvalue weighted by Crippen LogP contribution is -2.48. The van der Waals surface area contributed by atoms with Crippen molar-refractivity contribution in [3.63, 3.8) is 0 Å². The van der Waals surface area contributed by atoms with E-state index in [1.807, 2.05) is 14.2 Å². The minimum Gasteiger partial charge on any atom is -0.420 e. The molecule has 4 nitrogen and oxygen atoms in total. The minimum atomic E-state index is -1.98. The standard InChI is InChI=1S/C27H51BO4Si2/c1-21(20-28-31-26(3,4)27(5,6)32-28)25(34(11,12)30-8)22(2)24(33(9,10)29-7)19-18-23-16-14-13-15-17-23/h13-17,21-22,24-25H,18-20H2,1-12H3/t21-,22+,24-,25+/m1/s1. The van der Waals surface area contributed by atoms with Gasteiger partial charge in [-0.25, -0.2) is 0 Å². The Labute approximate surface area is 212 Å². The first-order valence-electron chi connectivity index (χ1n) is 13.1. The van der Waals surface area contributed by atoms with E-state index in [1.54, 1.807) is 0 Å². The van der Waals surface area contributed by atoms with Crippen molar-refractivity contribution < 1.29 is 18.2 Å². The lowest BCUT2D eigenvalue weighted by atomic mass is 9.74. The summed E-state index contributed by atoms with van der Waals surface area (Å²) in [4.78, 5) is 0. The van der Waals surface area contributed by atoms with Gasteiger partial charge >= 0.3 is 7.12 Å². The number of benzene rings is 1. The molecule has 34 heavy (non-hydrogen) atoms. The Kier molecular flexibility index (Phi) is 9.90. The van der Waals surface area contributed by atoms with Crippen molar-refractivity contribution in [3.8, 4) is 0 Å². The molecule has 0 aliphatic carbocycles. The molecule has 0 aromatic heterocycles. The van der Waals surface area contributed by atoms with Gasteiger partial charge in [0, 0.05) is 14.2 Å². The number of rotatable bonds is 12. The van der Waals surface area contributed by atoms with Crippen molar-refractivity contribution in [1.29, 1.82) is 0 Å². The van der Waals surface area contributed by atoms with Crippen molar-refractivity contribution in [2.45, 2.75) is 109 Å². The summed E-state index contributed by atoms with van der Waals surface area (Å²) in [5.74, 6) is 0.913. The third kappa shape index (κ3) is 6.86. The normalized spacial score (nSPS) is 21.8. The van der Waals surface area contributed by atoms with E-state index >= 15 is 0 Å². The molecule has 0 amide bonds. The summed E-state index contributed by atoms with van der Waals surface area (Å²) in [6.07, 6.45) is 3.12. The lowest BCUT2D eigenvalue weighted by molar-refractivity contribution is 0.00578. The smallest absolute Gasteiger partial charge is 0.420 e. The van der Waals surface area contributed by atoms with E-state index in [4.69, 9.17) is 18.2 Å². The predicted octanol–water partition coefficient (Wildman–Crippen LogP) is 7.43. The van der Waals surface area contributed by atoms with Gasteiger partial charge in [-0.3, -0.25) is 0 Å². The molecule has 0 bridgehead atoms. The van der Waals surface area contributed by atoms with Gasteiger partial charge in [-0.1, -0.05) is 44.2 Å². The van der Waals surface area contributed by atoms with Crippen LogP contribution in [0, 0.1) is 11.8 Å². The highest BCUT2D eigenvalue weighted by Gasteiger charge is 2.53. The second-order valence-electron chi connectivity index (χ2n) is 12.5. The summed E-state index contributed by atoms with van der Waals surface area (Å²) in [5, 5.41) is 0. The molecule has 0 unspecified atom stereocenters. The molecule has 1 fully saturated rings. The van der Waals surface area contributed by atoms with E-state index in [2.05, 4.69) is 98.1 Å². The average molecular weight is 507 g/mol. The summed E-state index contributed by atoms with van der Waals surface area (Å²) in [5.41, 5.74) is 1.82. The van der Waals surface area contributed by atoms with Gasteiger partial charge < -0.3 is 18.2 Å². The second-order valence-corrected chi connectivity index (χ2v) is 21.2. The van der Waals surface area contributed by atoms with Crippen molar-refractivity contribution >= 4 is 23.8 Å². The topological polar surface area (TPSA) is 36.9 Å². The highest BCUT2D eigenvalue weighted by molar-refractivity contribution is 6.74. The predicted molar refractivity (Wildman–Crippen MR) is 150 cm³/mol. The van der Waals surface area contributed by atoms with Gasteiger partial charge in [-0.2, -0.15) is 0 Å². The average Bonchev–Trinajstić information content (AvgIpc) is 2.94. The van der Waals surface area contributed by atoms with E-state index in [-0.39, 0.29) is 18.3 Å². The van der Waals surface area contributed by atoms with Crippen LogP contribution in [0.5, 0.6) is 0 Å². The van der Waals surface area contributed by atoms with Crippen LogP contribution in [0.1, 0.15) is 53.5 Å². The fourth-order valence-corrected chi connectivity index (χ4v) is 12.2. The van der Waals surface area contributed by atoms with Crippen LogP contribution in [0.4, 0.5) is 0 Å². The molecule has 1 aromatic carbocycles. The van der Waals surface area contributed by atoms with E-state index in [0.29, 0.717) is 22.9 Å². The number of hydrogen-bond acceptors (Lipinski definition) is 4. The molecule has 1 aromatic rings. The Hall–Kier alpha value is -0.441. The molecule has 0 spiro atoms. The first-order chi connectivity index (χ1) is 15.6. The Morgan fingerprint density at radius 2 is 1.35 bits per heavy atom. The molecule has 1 saturated heterocycles. The molecular weight excluding hydrogens is 455 g/mol. The first kappa shape index (κ1) is 29.8. The van der Waals surface area contributed by atoms with Crippen molar-refractivity contribution in [2.75, 3.05) is 14.2 Å². The Morgan fingerprint density at radius 3 is 1.82 bits per heavy atom. The monoisotopic (exact) mass is 506 g/mol. The Morgan fingerprint density at radius 1 is 0.853 bits per heavy atom. The molecule has 4 atom stereocenters. The van der Waals surface area contributed by atoms with E-state index in [9.17, 15) is 0 Å². The lowest BCUT2D eigenvalue weighted by Gasteiger charge is -2.46. The number of aryl methyl sites for hydroxylation is 1. The van der Waals surface area contributed by atoms with Crippen LogP contribution < -0.4 is 0 Å². The first-order valence-corrected chi connectivity index (χ1v) is 19.0. The quantitative estimate of drug-likeness (QED) is 0.276. The molecule has 1 aliphatic rings. The van der Waals surface area contributed by atoms with Crippen molar-refractivity contribution in [1.82, 2.24) is 0 Å². The van der Waals surface area contributed by atoms with Crippen LogP contribution in [0.25, 0.3) is 0 Å². The van der Waals surface area contributed by atoms with Crippen LogP contribution in [-0.2, 0) is 24.6 Å². The van der Waals surface area contributed by atoms with Gasteiger partial charge in [0.15, 0.2) is 16.6 Å². The van der Waals surface area contributed by atoms with E-state index in [0.717, 1.165) is 19.2 Å². The molecule has 0 N–H and O–H groups in total. The molecule has 1 heterocycles. The summed E-state index contributed by atoms with van der Waals surface area (Å²) in [7, 11) is -0.247. The minimum absolute atomic E-state index is 0.174. The molecule has 1 aliphatic heterocycles. The maximum atomic E-state index is 6.40. The zero-order valence-corrected chi connectivity index (χ0v) is 26.0. The summed E-state index contributed by atoms with van der Waals surface area (Å²) >= 11 is 0. The maximum absolute atomic E-state index is 6.40. The summed E-state index contributed by atoms with van der Waals surface area (Å²) < 4.78 is 25.3. The molecule has 0 saturated carbocycles. The van der Waals surface area contributed by atoms with Crippen molar-refractivity contribution in [3.05, 3.63) is 35.9 Å². The van der Waals surface area contributed by atoms with Gasteiger partial charge in [0.2, 0.25) is 0 Å². The largest absolute Gasteiger partial charge is 0.458 e. The van der Waals surface area contributed by atoms with Gasteiger partial charge in [0.05, 0.1) is 11.2 Å². The zero-order valence-electron chi connectivity index (χ0n) is 24.0. The van der Waals surface area contributed by atoms with Gasteiger partial charge in [0.1, 0.15) is 0 Å². The summed E-state index contributed by atoms with van der Waals surface area (Å²) in [6, 6.07) is 10.9. The molecule has 194 valence electrons. The number of hydrogen-bond donors (Lipinski definition) is 0. The van der Waals surface area contributed by atoms with Gasteiger partial charge in [-0.05, 0) is 102 Å². The second kappa shape index (κ2) is 11.3. The fourth-order valence-electron chi connectivity index (χ4n) is 6.10. The van der Waals surface area contributed by atoms with Crippen LogP contribution in [0.3, 0.4) is 0 Å². The third-order valence-corrected chi connectivity index (χ3v) is 16.4. The molecule has 2 rings (SSSR count). The molecule has 7 heteroatoms. The fraction of sp³-hybridized carbons (Fsp3) is 0.778. The summed E-state index contributed by atoms with van der Waals surface area (Å²) in [6.45, 7) is 22.9. The van der Waals surface area contributed by atoms with Crippen molar-refractivity contribution in [2.24, 2.45) is 11.8 Å².